The molecular formula is C6H14. The minimum atomic E-state index is -1.33. The Morgan fingerprint density at radius 1 is 1.67 bits per heavy atom. The van der Waals surface area contributed by atoms with Crippen LogP contribution in [0.3, 0.4) is 0 Å². The molecule has 0 aromatic carbocycles. The smallest absolute Gasteiger partial charge is 0.0269 e. The number of rotatable bonds is 2. The van der Waals surface area contributed by atoms with Crippen molar-refractivity contribution in [2.45, 2.75) is 33.5 Å². The van der Waals surface area contributed by atoms with Gasteiger partial charge in [0.1, 0.15) is 0 Å². The lowest BCUT2D eigenvalue weighted by molar-refractivity contribution is 0.576. The fourth-order valence-electron chi connectivity index (χ4n) is 0.333. The molecule has 0 spiro atoms. The van der Waals surface area contributed by atoms with Crippen LogP contribution in [0.4, 0.5) is 0 Å². The van der Waals surface area contributed by atoms with Crippen molar-refractivity contribution < 1.29 is 4.11 Å². The molecule has 6 heavy (non-hydrogen) atoms. The van der Waals surface area contributed by atoms with Gasteiger partial charge in [-0.05, 0) is 5.92 Å². The zero-order chi connectivity index (χ0) is 7.65. The van der Waals surface area contributed by atoms with E-state index in [0.717, 1.165) is 0 Å². The SMILES string of the molecule is [2H]C(C)C([2H])([2H])C(C)C. The predicted octanol–water partition coefficient (Wildman–Crippen LogP) is 2.44. The van der Waals surface area contributed by atoms with Gasteiger partial charge in [0.15, 0.2) is 0 Å². The molecular weight excluding hydrogens is 72.1 g/mol. The van der Waals surface area contributed by atoms with Crippen LogP contribution >= 0.6 is 0 Å². The Balaban J connectivity index is 4.01. The Bertz CT molecular complexity index is 76.3. The predicted molar refractivity (Wildman–Crippen MR) is 29.7 cm³/mol. The van der Waals surface area contributed by atoms with E-state index in [2.05, 4.69) is 0 Å². The van der Waals surface area contributed by atoms with Crippen molar-refractivity contribution in [3.63, 3.8) is 0 Å². The Hall–Kier alpha value is 0. The summed E-state index contributed by atoms with van der Waals surface area (Å²) in [6.45, 7) is 5.18. The molecule has 0 aliphatic rings. The first kappa shape index (κ1) is 2.34. The summed E-state index contributed by atoms with van der Waals surface area (Å²) in [5.41, 5.74) is 0. The van der Waals surface area contributed by atoms with Crippen molar-refractivity contribution in [1.82, 2.24) is 0 Å². The van der Waals surface area contributed by atoms with Crippen molar-refractivity contribution >= 4 is 0 Å². The maximum absolute atomic E-state index is 7.31. The van der Waals surface area contributed by atoms with E-state index in [9.17, 15) is 0 Å². The van der Waals surface area contributed by atoms with Crippen molar-refractivity contribution in [1.29, 1.82) is 0 Å². The third kappa shape index (κ3) is 4.00. The molecule has 0 fully saturated rings. The van der Waals surface area contributed by atoms with Crippen molar-refractivity contribution in [2.24, 2.45) is 5.92 Å². The molecule has 0 heteroatoms. The van der Waals surface area contributed by atoms with Crippen LogP contribution in [-0.4, -0.2) is 0 Å². The lowest BCUT2D eigenvalue weighted by Gasteiger charge is -1.95. The van der Waals surface area contributed by atoms with Crippen LogP contribution in [0, 0.1) is 5.92 Å². The second-order valence-electron chi connectivity index (χ2n) is 1.61. The first-order valence-electron chi connectivity index (χ1n) is 3.89. The highest BCUT2D eigenvalue weighted by atomic mass is 13.9. The number of hydrogen-bond donors (Lipinski definition) is 0. The zero-order valence-electron chi connectivity index (χ0n) is 7.65. The quantitative estimate of drug-likeness (QED) is 0.487. The standard InChI is InChI=1S/C6H14/c1-4-5-6(2)3/h6H,4-5H2,1-3H3/i4D,5D2. The van der Waals surface area contributed by atoms with Gasteiger partial charge in [0, 0.05) is 4.11 Å². The normalized spacial score (nSPS) is 25.0. The zero-order valence-corrected chi connectivity index (χ0v) is 4.65. The van der Waals surface area contributed by atoms with Gasteiger partial charge < -0.3 is 0 Å². The third-order valence-corrected chi connectivity index (χ3v) is 0.500. The van der Waals surface area contributed by atoms with Crippen LogP contribution < -0.4 is 0 Å². The van der Waals surface area contributed by atoms with Gasteiger partial charge in [-0.25, -0.2) is 0 Å². The molecule has 0 aromatic heterocycles. The summed E-state index contributed by atoms with van der Waals surface area (Å²) in [6, 6.07) is 0. The lowest BCUT2D eigenvalue weighted by Crippen LogP contribution is -1.81. The molecule has 0 rings (SSSR count). The van der Waals surface area contributed by atoms with E-state index in [-0.39, 0.29) is 5.92 Å². The molecule has 0 aliphatic heterocycles. The van der Waals surface area contributed by atoms with E-state index in [1.54, 1.807) is 20.8 Å². The molecule has 0 saturated carbocycles. The van der Waals surface area contributed by atoms with Gasteiger partial charge in [0.25, 0.3) is 0 Å². The van der Waals surface area contributed by atoms with E-state index in [1.807, 2.05) is 0 Å². The molecule has 0 amide bonds. The van der Waals surface area contributed by atoms with E-state index < -0.39 is 12.8 Å². The van der Waals surface area contributed by atoms with Gasteiger partial charge in [-0.1, -0.05) is 33.5 Å². The monoisotopic (exact) mass is 89.1 g/mol. The van der Waals surface area contributed by atoms with Crippen molar-refractivity contribution in [3.8, 4) is 0 Å². The van der Waals surface area contributed by atoms with Crippen LogP contribution in [0.25, 0.3) is 0 Å². The summed E-state index contributed by atoms with van der Waals surface area (Å²) in [7, 11) is 0. The molecule has 0 bridgehead atoms. The molecule has 0 aliphatic carbocycles. The largest absolute Gasteiger partial charge is 0.0654 e. The van der Waals surface area contributed by atoms with Crippen molar-refractivity contribution in [3.05, 3.63) is 0 Å². The fraction of sp³-hybridized carbons (Fsp3) is 1.00. The molecule has 1 unspecified atom stereocenters. The fourth-order valence-corrected chi connectivity index (χ4v) is 0.333. The Labute approximate surface area is 44.8 Å². The molecule has 0 saturated heterocycles. The topological polar surface area (TPSA) is 0 Å². The maximum atomic E-state index is 7.31. The molecule has 0 aromatic rings. The van der Waals surface area contributed by atoms with Crippen LogP contribution in [-0.2, 0) is 0 Å². The molecule has 0 heterocycles. The molecule has 38 valence electrons. The highest BCUT2D eigenvalue weighted by Crippen LogP contribution is 2.00. The van der Waals surface area contributed by atoms with Crippen LogP contribution in [0.1, 0.15) is 37.7 Å². The highest BCUT2D eigenvalue weighted by Gasteiger charge is 1.85. The second-order valence-corrected chi connectivity index (χ2v) is 1.61. The summed E-state index contributed by atoms with van der Waals surface area (Å²) >= 11 is 0. The van der Waals surface area contributed by atoms with E-state index in [0.29, 0.717) is 0 Å². The first-order chi connectivity index (χ1) is 3.89. The van der Waals surface area contributed by atoms with Gasteiger partial charge in [0.2, 0.25) is 0 Å². The lowest BCUT2D eigenvalue weighted by atomic mass is 10.1. The van der Waals surface area contributed by atoms with Gasteiger partial charge in [-0.3, -0.25) is 0 Å². The van der Waals surface area contributed by atoms with Crippen LogP contribution in [0.2, 0.25) is 0 Å². The minimum absolute atomic E-state index is 0.0648. The number of hydrogen-bond acceptors (Lipinski definition) is 0. The average molecular weight is 89.2 g/mol. The van der Waals surface area contributed by atoms with Crippen molar-refractivity contribution in [2.75, 3.05) is 0 Å². The van der Waals surface area contributed by atoms with E-state index in [4.69, 9.17) is 4.11 Å². The minimum Gasteiger partial charge on any atom is -0.0654 e. The van der Waals surface area contributed by atoms with Gasteiger partial charge >= 0.3 is 0 Å². The van der Waals surface area contributed by atoms with Gasteiger partial charge in [-0.2, -0.15) is 0 Å². The molecule has 0 N–H and O–H groups in total. The van der Waals surface area contributed by atoms with E-state index in [1.165, 1.54) is 0 Å². The van der Waals surface area contributed by atoms with Crippen LogP contribution in [0.15, 0.2) is 0 Å². The second kappa shape index (κ2) is 3.20. The summed E-state index contributed by atoms with van der Waals surface area (Å²) in [6.07, 6.45) is -1.96. The summed E-state index contributed by atoms with van der Waals surface area (Å²) in [5.74, 6) is -0.0648. The molecule has 0 nitrogen and oxygen atoms in total. The Morgan fingerprint density at radius 2 is 2.17 bits per heavy atom. The van der Waals surface area contributed by atoms with Crippen LogP contribution in [0.5, 0.6) is 0 Å². The third-order valence-electron chi connectivity index (χ3n) is 0.500. The maximum Gasteiger partial charge on any atom is 0.0269 e. The van der Waals surface area contributed by atoms with E-state index >= 15 is 0 Å². The summed E-state index contributed by atoms with van der Waals surface area (Å²) in [5, 5.41) is 0. The van der Waals surface area contributed by atoms with Gasteiger partial charge in [-0.15, -0.1) is 0 Å². The Kier molecular flexibility index (Phi) is 1.25. The first-order valence-corrected chi connectivity index (χ1v) is 2.31. The Morgan fingerprint density at radius 3 is 2.17 bits per heavy atom. The highest BCUT2D eigenvalue weighted by molar-refractivity contribution is 4.38. The van der Waals surface area contributed by atoms with Gasteiger partial charge in [0.05, 0.1) is 0 Å². The molecule has 1 atom stereocenters. The summed E-state index contributed by atoms with van der Waals surface area (Å²) in [4.78, 5) is 0. The average Bonchev–Trinajstić information content (AvgIpc) is 1.65. The molecule has 0 radical (unpaired) electrons. The summed E-state index contributed by atoms with van der Waals surface area (Å²) < 4.78 is 21.8.